The van der Waals surface area contributed by atoms with Gasteiger partial charge >= 0.3 is 0 Å². The number of aromatic nitrogens is 4. The van der Waals surface area contributed by atoms with Crippen molar-refractivity contribution in [2.75, 3.05) is 5.32 Å². The lowest BCUT2D eigenvalue weighted by atomic mass is 10.1. The van der Waals surface area contributed by atoms with Crippen LogP contribution < -0.4 is 5.32 Å². The Morgan fingerprint density at radius 1 is 0.931 bits per heavy atom. The van der Waals surface area contributed by atoms with E-state index in [9.17, 15) is 4.79 Å². The van der Waals surface area contributed by atoms with Crippen molar-refractivity contribution in [1.29, 1.82) is 0 Å². The van der Waals surface area contributed by atoms with Crippen molar-refractivity contribution < 1.29 is 9.21 Å². The van der Waals surface area contributed by atoms with Crippen molar-refractivity contribution in [2.24, 2.45) is 0 Å². The smallest absolute Gasteiger partial charge is 0.247 e. The number of aryl methyl sites for hydroxylation is 2. The number of benzene rings is 2. The van der Waals surface area contributed by atoms with E-state index in [-0.39, 0.29) is 12.3 Å². The summed E-state index contributed by atoms with van der Waals surface area (Å²) in [5.41, 5.74) is 3.48. The van der Waals surface area contributed by atoms with Gasteiger partial charge in [0.05, 0.1) is 18.1 Å². The van der Waals surface area contributed by atoms with Crippen LogP contribution in [0.15, 0.2) is 71.4 Å². The second kappa shape index (κ2) is 8.43. The molecule has 29 heavy (non-hydrogen) atoms. The minimum Gasteiger partial charge on any atom is -0.421 e. The molecule has 4 aromatic rings. The van der Waals surface area contributed by atoms with E-state index >= 15 is 0 Å². The Kier molecular flexibility index (Phi) is 5.38. The molecule has 7 heteroatoms. The topological polar surface area (TPSA) is 93.8 Å². The van der Waals surface area contributed by atoms with Gasteiger partial charge in [0, 0.05) is 24.0 Å². The van der Waals surface area contributed by atoms with Crippen LogP contribution in [-0.4, -0.2) is 26.1 Å². The quantitative estimate of drug-likeness (QED) is 0.538. The van der Waals surface area contributed by atoms with Crippen LogP contribution in [0.2, 0.25) is 0 Å². The molecule has 0 fully saturated rings. The standard InChI is InChI=1S/C22H19N5O2/c1-15-7-9-17(10-8-15)22-27-26-20(29-22)12-11-19(28)25-18-13-23-21(24-14-18)16-5-3-2-4-6-16/h2-10,13-14H,11-12H2,1H3,(H,25,28). The zero-order valence-corrected chi connectivity index (χ0v) is 15.9. The lowest BCUT2D eigenvalue weighted by Gasteiger charge is -2.05. The molecule has 4 rings (SSSR count). The molecule has 2 heterocycles. The third-order valence-corrected chi connectivity index (χ3v) is 4.30. The first-order valence-corrected chi connectivity index (χ1v) is 9.24. The molecule has 0 bridgehead atoms. The van der Waals surface area contributed by atoms with Crippen LogP contribution in [0.5, 0.6) is 0 Å². The van der Waals surface area contributed by atoms with Crippen molar-refractivity contribution >= 4 is 11.6 Å². The Labute approximate surface area is 167 Å². The van der Waals surface area contributed by atoms with Crippen LogP contribution in [0.4, 0.5) is 5.69 Å². The highest BCUT2D eigenvalue weighted by Gasteiger charge is 2.11. The lowest BCUT2D eigenvalue weighted by molar-refractivity contribution is -0.116. The van der Waals surface area contributed by atoms with Gasteiger partial charge in [-0.3, -0.25) is 4.79 Å². The maximum atomic E-state index is 12.2. The van der Waals surface area contributed by atoms with Crippen molar-refractivity contribution in [2.45, 2.75) is 19.8 Å². The average Bonchev–Trinajstić information content (AvgIpc) is 3.23. The first-order valence-electron chi connectivity index (χ1n) is 9.24. The van der Waals surface area contributed by atoms with Crippen LogP contribution in [0, 0.1) is 6.92 Å². The molecular formula is C22H19N5O2. The Morgan fingerprint density at radius 2 is 1.66 bits per heavy atom. The maximum absolute atomic E-state index is 12.2. The van der Waals surface area contributed by atoms with Gasteiger partial charge in [-0.1, -0.05) is 48.0 Å². The van der Waals surface area contributed by atoms with E-state index in [1.807, 2.05) is 61.5 Å². The third kappa shape index (κ3) is 4.70. The van der Waals surface area contributed by atoms with Gasteiger partial charge in [-0.05, 0) is 19.1 Å². The van der Waals surface area contributed by atoms with Crippen LogP contribution >= 0.6 is 0 Å². The van der Waals surface area contributed by atoms with E-state index in [0.29, 0.717) is 29.7 Å². The highest BCUT2D eigenvalue weighted by Crippen LogP contribution is 2.19. The van der Waals surface area contributed by atoms with Gasteiger partial charge in [-0.2, -0.15) is 0 Å². The number of hydrogen-bond acceptors (Lipinski definition) is 6. The van der Waals surface area contributed by atoms with Gasteiger partial charge in [0.25, 0.3) is 0 Å². The summed E-state index contributed by atoms with van der Waals surface area (Å²) in [5, 5.41) is 10.8. The van der Waals surface area contributed by atoms with Crippen LogP contribution in [0.1, 0.15) is 17.9 Å². The molecular weight excluding hydrogens is 366 g/mol. The van der Waals surface area contributed by atoms with Gasteiger partial charge in [0.2, 0.25) is 17.7 Å². The Bertz CT molecular complexity index is 1090. The summed E-state index contributed by atoms with van der Waals surface area (Å²) in [6.07, 6.45) is 3.76. The lowest BCUT2D eigenvalue weighted by Crippen LogP contribution is -2.13. The highest BCUT2D eigenvalue weighted by atomic mass is 16.4. The Hall–Kier alpha value is -3.87. The number of anilines is 1. The van der Waals surface area contributed by atoms with Gasteiger partial charge < -0.3 is 9.73 Å². The summed E-state index contributed by atoms with van der Waals surface area (Å²) in [4.78, 5) is 20.8. The largest absolute Gasteiger partial charge is 0.421 e. The molecule has 0 spiro atoms. The maximum Gasteiger partial charge on any atom is 0.247 e. The van der Waals surface area contributed by atoms with Crippen molar-refractivity contribution in [3.8, 4) is 22.8 Å². The van der Waals surface area contributed by atoms with E-state index in [1.165, 1.54) is 0 Å². The molecule has 0 aliphatic carbocycles. The fourth-order valence-corrected chi connectivity index (χ4v) is 2.74. The summed E-state index contributed by atoms with van der Waals surface area (Å²) in [6.45, 7) is 2.02. The summed E-state index contributed by atoms with van der Waals surface area (Å²) in [6, 6.07) is 17.5. The highest BCUT2D eigenvalue weighted by molar-refractivity contribution is 5.90. The van der Waals surface area contributed by atoms with Gasteiger partial charge in [0.15, 0.2) is 5.82 Å². The third-order valence-electron chi connectivity index (χ3n) is 4.30. The second-order valence-corrected chi connectivity index (χ2v) is 6.58. The minimum atomic E-state index is -0.170. The molecule has 1 amide bonds. The van der Waals surface area contributed by atoms with E-state index < -0.39 is 0 Å². The number of amides is 1. The molecule has 144 valence electrons. The SMILES string of the molecule is Cc1ccc(-c2nnc(CCC(=O)Nc3cnc(-c4ccccc4)nc3)o2)cc1. The zero-order valence-electron chi connectivity index (χ0n) is 15.9. The predicted octanol–water partition coefficient (Wildman–Crippen LogP) is 4.07. The van der Waals surface area contributed by atoms with E-state index in [1.54, 1.807) is 12.4 Å². The molecule has 0 saturated heterocycles. The number of rotatable bonds is 6. The summed E-state index contributed by atoms with van der Waals surface area (Å²) in [5.74, 6) is 1.31. The second-order valence-electron chi connectivity index (χ2n) is 6.58. The fraction of sp³-hybridized carbons (Fsp3) is 0.136. The molecule has 1 N–H and O–H groups in total. The monoisotopic (exact) mass is 385 g/mol. The molecule has 0 unspecified atom stereocenters. The zero-order chi connectivity index (χ0) is 20.1. The van der Waals surface area contributed by atoms with Crippen LogP contribution in [0.25, 0.3) is 22.8 Å². The predicted molar refractivity (Wildman–Crippen MR) is 109 cm³/mol. The van der Waals surface area contributed by atoms with Gasteiger partial charge in [-0.15, -0.1) is 10.2 Å². The Morgan fingerprint density at radius 3 is 2.38 bits per heavy atom. The minimum absolute atomic E-state index is 0.170. The number of nitrogens with one attached hydrogen (secondary N) is 1. The van der Waals surface area contributed by atoms with Crippen molar-refractivity contribution in [1.82, 2.24) is 20.2 Å². The first kappa shape index (κ1) is 18.5. The molecule has 2 aromatic heterocycles. The summed E-state index contributed by atoms with van der Waals surface area (Å²) >= 11 is 0. The number of nitrogens with zero attached hydrogens (tertiary/aromatic N) is 4. The first-order chi connectivity index (χ1) is 14.2. The Balaban J connectivity index is 1.32. The van der Waals surface area contributed by atoms with Crippen molar-refractivity contribution in [3.63, 3.8) is 0 Å². The molecule has 0 radical (unpaired) electrons. The van der Waals surface area contributed by atoms with Crippen LogP contribution in [0.3, 0.4) is 0 Å². The molecule has 0 aliphatic rings. The molecule has 0 atom stereocenters. The average molecular weight is 385 g/mol. The normalized spacial score (nSPS) is 10.7. The molecule has 0 saturated carbocycles. The van der Waals surface area contributed by atoms with Crippen molar-refractivity contribution in [3.05, 3.63) is 78.4 Å². The number of carbonyl (C=O) groups is 1. The summed E-state index contributed by atoms with van der Waals surface area (Å²) < 4.78 is 5.65. The molecule has 2 aromatic carbocycles. The van der Waals surface area contributed by atoms with Gasteiger partial charge in [0.1, 0.15) is 0 Å². The molecule has 7 nitrogen and oxygen atoms in total. The number of carbonyl (C=O) groups excluding carboxylic acids is 1. The number of hydrogen-bond donors (Lipinski definition) is 1. The van der Waals surface area contributed by atoms with Crippen LogP contribution in [-0.2, 0) is 11.2 Å². The molecule has 0 aliphatic heterocycles. The van der Waals surface area contributed by atoms with E-state index in [0.717, 1.165) is 16.7 Å². The van der Waals surface area contributed by atoms with E-state index in [2.05, 4.69) is 25.5 Å². The summed E-state index contributed by atoms with van der Waals surface area (Å²) in [7, 11) is 0. The fourth-order valence-electron chi connectivity index (χ4n) is 2.74. The van der Waals surface area contributed by atoms with Gasteiger partial charge in [-0.25, -0.2) is 9.97 Å². The van der Waals surface area contributed by atoms with E-state index in [4.69, 9.17) is 4.42 Å².